The van der Waals surface area contributed by atoms with Gasteiger partial charge >= 0.3 is 5.97 Å². The molecule has 1 fully saturated rings. The van der Waals surface area contributed by atoms with Gasteiger partial charge in [-0.1, -0.05) is 18.7 Å². The van der Waals surface area contributed by atoms with Crippen molar-refractivity contribution in [1.29, 1.82) is 0 Å². The van der Waals surface area contributed by atoms with E-state index in [2.05, 4.69) is 18.4 Å². The standard InChI is InChI=1S/C16H20FNO2/c1-12(15(19)20)11-18-9-3-8-16(18,2)10-13-4-6-14(17)7-5-13/h4-7H,1,3,8-11H2,2H3,(H,19,20). The molecule has 1 aromatic carbocycles. The molecule has 1 aliphatic heterocycles. The Bertz CT molecular complexity index is 512. The molecule has 1 aliphatic rings. The van der Waals surface area contributed by atoms with Gasteiger partial charge in [-0.15, -0.1) is 0 Å². The Hall–Kier alpha value is -1.68. The van der Waals surface area contributed by atoms with Gasteiger partial charge in [0.15, 0.2) is 0 Å². The smallest absolute Gasteiger partial charge is 0.332 e. The van der Waals surface area contributed by atoms with Gasteiger partial charge in [0.25, 0.3) is 0 Å². The number of aliphatic carboxylic acids is 1. The third-order valence-electron chi connectivity index (χ3n) is 4.09. The van der Waals surface area contributed by atoms with E-state index in [1.165, 1.54) is 12.1 Å². The largest absolute Gasteiger partial charge is 0.478 e. The van der Waals surface area contributed by atoms with Gasteiger partial charge in [-0.3, -0.25) is 4.90 Å². The van der Waals surface area contributed by atoms with Crippen LogP contribution in [0.5, 0.6) is 0 Å². The third-order valence-corrected chi connectivity index (χ3v) is 4.09. The summed E-state index contributed by atoms with van der Waals surface area (Å²) in [5, 5.41) is 8.96. The molecule has 0 spiro atoms. The number of carboxylic acids is 1. The van der Waals surface area contributed by atoms with E-state index in [4.69, 9.17) is 5.11 Å². The molecule has 1 N–H and O–H groups in total. The fourth-order valence-corrected chi connectivity index (χ4v) is 2.89. The van der Waals surface area contributed by atoms with Crippen molar-refractivity contribution in [1.82, 2.24) is 4.90 Å². The van der Waals surface area contributed by atoms with Crippen LogP contribution < -0.4 is 0 Å². The molecule has 1 aromatic rings. The lowest BCUT2D eigenvalue weighted by molar-refractivity contribution is -0.133. The van der Waals surface area contributed by atoms with E-state index in [0.717, 1.165) is 31.4 Å². The number of nitrogens with zero attached hydrogens (tertiary/aromatic N) is 1. The van der Waals surface area contributed by atoms with E-state index < -0.39 is 5.97 Å². The number of halogens is 1. The van der Waals surface area contributed by atoms with Gasteiger partial charge in [0.2, 0.25) is 0 Å². The van der Waals surface area contributed by atoms with Crippen molar-refractivity contribution in [2.45, 2.75) is 31.7 Å². The average molecular weight is 277 g/mol. The second-order valence-corrected chi connectivity index (χ2v) is 5.73. The topological polar surface area (TPSA) is 40.5 Å². The van der Waals surface area contributed by atoms with E-state index in [1.807, 2.05) is 0 Å². The van der Waals surface area contributed by atoms with Crippen LogP contribution in [0.15, 0.2) is 36.4 Å². The van der Waals surface area contributed by atoms with Gasteiger partial charge in [-0.2, -0.15) is 0 Å². The lowest BCUT2D eigenvalue weighted by atomic mass is 9.90. The van der Waals surface area contributed by atoms with Crippen LogP contribution in [-0.2, 0) is 11.2 Å². The highest BCUT2D eigenvalue weighted by molar-refractivity contribution is 5.86. The van der Waals surface area contributed by atoms with Crippen LogP contribution in [0.4, 0.5) is 4.39 Å². The van der Waals surface area contributed by atoms with Crippen LogP contribution in [0.3, 0.4) is 0 Å². The molecular weight excluding hydrogens is 257 g/mol. The van der Waals surface area contributed by atoms with Gasteiger partial charge in [0, 0.05) is 17.7 Å². The highest BCUT2D eigenvalue weighted by atomic mass is 19.1. The summed E-state index contributed by atoms with van der Waals surface area (Å²) >= 11 is 0. The molecule has 1 heterocycles. The highest BCUT2D eigenvalue weighted by Crippen LogP contribution is 2.32. The first-order chi connectivity index (χ1) is 9.40. The van der Waals surface area contributed by atoms with Gasteiger partial charge in [0.1, 0.15) is 5.82 Å². The molecule has 0 saturated carbocycles. The molecule has 1 saturated heterocycles. The normalized spacial score (nSPS) is 22.9. The zero-order valence-corrected chi connectivity index (χ0v) is 11.7. The molecule has 0 radical (unpaired) electrons. The van der Waals surface area contributed by atoms with Gasteiger partial charge in [0.05, 0.1) is 0 Å². The van der Waals surface area contributed by atoms with E-state index in [9.17, 15) is 9.18 Å². The van der Waals surface area contributed by atoms with Crippen LogP contribution in [0.1, 0.15) is 25.3 Å². The summed E-state index contributed by atoms with van der Waals surface area (Å²) in [7, 11) is 0. The Kier molecular flexibility index (Phi) is 4.23. The van der Waals surface area contributed by atoms with Crippen molar-refractivity contribution in [2.24, 2.45) is 0 Å². The predicted octanol–water partition coefficient (Wildman–Crippen LogP) is 2.86. The Balaban J connectivity index is 2.09. The molecule has 3 nitrogen and oxygen atoms in total. The van der Waals surface area contributed by atoms with Crippen LogP contribution in [0.25, 0.3) is 0 Å². The van der Waals surface area contributed by atoms with E-state index >= 15 is 0 Å². The maximum Gasteiger partial charge on any atom is 0.332 e. The molecule has 0 aromatic heterocycles. The maximum absolute atomic E-state index is 12.9. The summed E-state index contributed by atoms with van der Waals surface area (Å²) in [5.74, 6) is -1.18. The highest BCUT2D eigenvalue weighted by Gasteiger charge is 2.37. The summed E-state index contributed by atoms with van der Waals surface area (Å²) in [5.41, 5.74) is 1.20. The van der Waals surface area contributed by atoms with E-state index in [0.29, 0.717) is 6.54 Å². The average Bonchev–Trinajstić information content (AvgIpc) is 2.73. The van der Waals surface area contributed by atoms with Crippen molar-refractivity contribution < 1.29 is 14.3 Å². The minimum atomic E-state index is -0.943. The van der Waals surface area contributed by atoms with Crippen molar-refractivity contribution in [2.75, 3.05) is 13.1 Å². The first-order valence-corrected chi connectivity index (χ1v) is 6.81. The molecular formula is C16H20FNO2. The molecule has 2 rings (SSSR count). The maximum atomic E-state index is 12.9. The minimum absolute atomic E-state index is 0.0871. The minimum Gasteiger partial charge on any atom is -0.478 e. The summed E-state index contributed by atoms with van der Waals surface area (Å²) in [6.07, 6.45) is 2.85. The Morgan fingerprint density at radius 3 is 2.70 bits per heavy atom. The monoisotopic (exact) mass is 277 g/mol. The number of hydrogen-bond acceptors (Lipinski definition) is 2. The van der Waals surface area contributed by atoms with Crippen molar-refractivity contribution in [3.63, 3.8) is 0 Å². The fourth-order valence-electron chi connectivity index (χ4n) is 2.89. The van der Waals surface area contributed by atoms with Gasteiger partial charge in [-0.05, 0) is 50.4 Å². The second kappa shape index (κ2) is 5.75. The fraction of sp³-hybridized carbons (Fsp3) is 0.438. The molecule has 108 valence electrons. The van der Waals surface area contributed by atoms with Crippen LogP contribution >= 0.6 is 0 Å². The number of carbonyl (C=O) groups is 1. The number of benzene rings is 1. The number of rotatable bonds is 5. The molecule has 1 atom stereocenters. The zero-order chi connectivity index (χ0) is 14.8. The van der Waals surface area contributed by atoms with Crippen molar-refractivity contribution >= 4 is 5.97 Å². The molecule has 4 heteroatoms. The zero-order valence-electron chi connectivity index (χ0n) is 11.7. The van der Waals surface area contributed by atoms with Crippen LogP contribution in [0.2, 0.25) is 0 Å². The summed E-state index contributed by atoms with van der Waals surface area (Å²) in [6, 6.07) is 6.52. The SMILES string of the molecule is C=C(CN1CCCC1(C)Cc1ccc(F)cc1)C(=O)O. The van der Waals surface area contributed by atoms with E-state index in [-0.39, 0.29) is 16.9 Å². The summed E-state index contributed by atoms with van der Waals surface area (Å²) in [6.45, 7) is 7.01. The molecule has 0 amide bonds. The number of hydrogen-bond donors (Lipinski definition) is 1. The first-order valence-electron chi connectivity index (χ1n) is 6.81. The van der Waals surface area contributed by atoms with Crippen LogP contribution in [-0.4, -0.2) is 34.6 Å². The lowest BCUT2D eigenvalue weighted by Gasteiger charge is -2.35. The molecule has 1 unspecified atom stereocenters. The van der Waals surface area contributed by atoms with Crippen molar-refractivity contribution in [3.8, 4) is 0 Å². The Morgan fingerprint density at radius 1 is 1.45 bits per heavy atom. The number of likely N-dealkylation sites (tertiary alicyclic amines) is 1. The predicted molar refractivity (Wildman–Crippen MR) is 76.1 cm³/mol. The second-order valence-electron chi connectivity index (χ2n) is 5.73. The summed E-state index contributed by atoms with van der Waals surface area (Å²) in [4.78, 5) is 13.1. The molecule has 0 bridgehead atoms. The number of carboxylic acid groups (broad SMARTS) is 1. The Morgan fingerprint density at radius 2 is 2.10 bits per heavy atom. The lowest BCUT2D eigenvalue weighted by Crippen LogP contribution is -2.44. The Labute approximate surface area is 118 Å². The first kappa shape index (κ1) is 14.7. The van der Waals surface area contributed by atoms with E-state index in [1.54, 1.807) is 12.1 Å². The quantitative estimate of drug-likeness (QED) is 0.841. The summed E-state index contributed by atoms with van der Waals surface area (Å²) < 4.78 is 12.9. The van der Waals surface area contributed by atoms with Gasteiger partial charge < -0.3 is 5.11 Å². The van der Waals surface area contributed by atoms with Gasteiger partial charge in [-0.25, -0.2) is 9.18 Å². The molecule has 20 heavy (non-hydrogen) atoms. The van der Waals surface area contributed by atoms with Crippen molar-refractivity contribution in [3.05, 3.63) is 47.8 Å². The third kappa shape index (κ3) is 3.25. The van der Waals surface area contributed by atoms with Crippen LogP contribution in [0, 0.1) is 5.82 Å². The molecule has 0 aliphatic carbocycles.